The molecule has 0 bridgehead atoms. The first-order valence-electron chi connectivity index (χ1n) is 4.32. The van der Waals surface area contributed by atoms with Crippen LogP contribution in [0.5, 0.6) is 0 Å². The van der Waals surface area contributed by atoms with Crippen LogP contribution in [-0.4, -0.2) is 45.7 Å². The molecule has 1 amide bonds. The fourth-order valence-corrected chi connectivity index (χ4v) is 2.97. The van der Waals surface area contributed by atoms with Crippen LogP contribution in [0.3, 0.4) is 0 Å². The second-order valence-corrected chi connectivity index (χ2v) is 4.44. The first-order chi connectivity index (χ1) is 7.07. The fourth-order valence-electron chi connectivity index (χ4n) is 1.69. The van der Waals surface area contributed by atoms with Gasteiger partial charge in [-0.1, -0.05) is 0 Å². The number of carbonyl (C=O) groups excluding carboxylic acids is 2. The zero-order chi connectivity index (χ0) is 11.2. The van der Waals surface area contributed by atoms with Gasteiger partial charge in [-0.05, 0) is 5.57 Å². The molecule has 0 saturated carbocycles. The first-order valence-corrected chi connectivity index (χ1v) is 5.37. The van der Waals surface area contributed by atoms with Gasteiger partial charge in [0, 0.05) is 5.75 Å². The molecular formula is C8H9N2NaO4S. The Hall–Kier alpha value is -0.0500. The zero-order valence-corrected chi connectivity index (χ0v) is 11.5. The number of nitrogens with two attached hydrogens (primary N) is 1. The van der Waals surface area contributed by atoms with E-state index < -0.39 is 17.9 Å². The second-order valence-electron chi connectivity index (χ2n) is 3.33. The van der Waals surface area contributed by atoms with E-state index >= 15 is 0 Å². The molecule has 0 aromatic rings. The summed E-state index contributed by atoms with van der Waals surface area (Å²) in [6.45, 7) is -0.387. The van der Waals surface area contributed by atoms with Gasteiger partial charge in [0.05, 0.1) is 18.3 Å². The summed E-state index contributed by atoms with van der Waals surface area (Å²) in [4.78, 5) is 23.3. The molecule has 1 fully saturated rings. The normalized spacial score (nSPS) is 28.1. The molecule has 0 radical (unpaired) electrons. The summed E-state index contributed by atoms with van der Waals surface area (Å²) in [5.41, 5.74) is 5.60. The predicted octanol–water partition coefficient (Wildman–Crippen LogP) is -5.77. The van der Waals surface area contributed by atoms with E-state index in [0.717, 1.165) is 4.90 Å². The summed E-state index contributed by atoms with van der Waals surface area (Å²) in [5.74, 6) is -1.51. The van der Waals surface area contributed by atoms with Crippen LogP contribution in [0.15, 0.2) is 11.3 Å². The number of hydrogen-bond acceptors (Lipinski definition) is 6. The van der Waals surface area contributed by atoms with Gasteiger partial charge in [0.1, 0.15) is 11.4 Å². The van der Waals surface area contributed by atoms with Gasteiger partial charge >= 0.3 is 29.6 Å². The van der Waals surface area contributed by atoms with E-state index in [0.29, 0.717) is 11.3 Å². The van der Waals surface area contributed by atoms with Crippen LogP contribution < -0.4 is 40.4 Å². The van der Waals surface area contributed by atoms with Crippen molar-refractivity contribution < 1.29 is 49.4 Å². The van der Waals surface area contributed by atoms with E-state index in [1.54, 1.807) is 0 Å². The molecule has 2 aliphatic heterocycles. The number of amides is 1. The Morgan fingerprint density at radius 3 is 2.81 bits per heavy atom. The van der Waals surface area contributed by atoms with Gasteiger partial charge in [0.25, 0.3) is 0 Å². The maximum atomic E-state index is 11.4. The molecule has 0 aromatic carbocycles. The van der Waals surface area contributed by atoms with E-state index in [-0.39, 0.29) is 47.2 Å². The number of thioether (sulfide) groups is 1. The molecule has 82 valence electrons. The Balaban J connectivity index is 0.00000128. The monoisotopic (exact) mass is 252 g/mol. The molecule has 6 nitrogen and oxygen atoms in total. The van der Waals surface area contributed by atoms with Gasteiger partial charge in [-0.25, -0.2) is 0 Å². The van der Waals surface area contributed by atoms with Crippen LogP contribution in [0.4, 0.5) is 0 Å². The van der Waals surface area contributed by atoms with Crippen LogP contribution in [0.25, 0.3) is 0 Å². The molecule has 2 unspecified atom stereocenters. The third-order valence-corrected chi connectivity index (χ3v) is 3.83. The van der Waals surface area contributed by atoms with Crippen molar-refractivity contribution in [1.29, 1.82) is 0 Å². The minimum absolute atomic E-state index is 0. The minimum atomic E-state index is -1.44. The summed E-state index contributed by atoms with van der Waals surface area (Å²) >= 11 is 1.35. The van der Waals surface area contributed by atoms with E-state index in [9.17, 15) is 14.7 Å². The number of rotatable bonds is 2. The van der Waals surface area contributed by atoms with Crippen LogP contribution in [0, 0.1) is 0 Å². The van der Waals surface area contributed by atoms with Gasteiger partial charge in [-0.3, -0.25) is 9.69 Å². The van der Waals surface area contributed by atoms with Gasteiger partial charge in [-0.2, -0.15) is 0 Å². The van der Waals surface area contributed by atoms with Crippen molar-refractivity contribution >= 4 is 23.6 Å². The number of carboxylic acids is 1. The number of aliphatic hydroxyl groups excluding tert-OH is 1. The first kappa shape index (κ1) is 14.0. The van der Waals surface area contributed by atoms with Crippen LogP contribution >= 0.6 is 11.8 Å². The molecule has 2 atom stereocenters. The van der Waals surface area contributed by atoms with Crippen LogP contribution in [-0.2, 0) is 9.59 Å². The van der Waals surface area contributed by atoms with Gasteiger partial charge in [-0.15, -0.1) is 11.8 Å². The molecule has 2 heterocycles. The molecule has 3 N–H and O–H groups in total. The molecule has 1 saturated heterocycles. The summed E-state index contributed by atoms with van der Waals surface area (Å²) < 4.78 is 0. The van der Waals surface area contributed by atoms with Crippen LogP contribution in [0.1, 0.15) is 0 Å². The molecule has 2 rings (SSSR count). The summed E-state index contributed by atoms with van der Waals surface area (Å²) in [7, 11) is 0. The summed E-state index contributed by atoms with van der Waals surface area (Å²) in [6.07, 6.45) is 0. The molecule has 0 spiro atoms. The maximum absolute atomic E-state index is 11.4. The summed E-state index contributed by atoms with van der Waals surface area (Å²) in [6, 6.07) is -0.649. The molecule has 8 heteroatoms. The van der Waals surface area contributed by atoms with Crippen molar-refractivity contribution in [1.82, 2.24) is 4.90 Å². The number of aliphatic hydroxyl groups is 1. The van der Waals surface area contributed by atoms with Crippen molar-refractivity contribution in [2.24, 2.45) is 5.73 Å². The Kier molecular flexibility index (Phi) is 4.44. The number of hydrogen-bond donors (Lipinski definition) is 2. The molecular weight excluding hydrogens is 243 g/mol. The molecule has 0 aromatic heterocycles. The Labute approximate surface area is 118 Å². The SMILES string of the molecule is NC1C(=O)N2C(C(=O)[O-])=C(CO)CSC12.[Na+]. The number of aliphatic carboxylic acids is 1. The average molecular weight is 252 g/mol. The number of carbonyl (C=O) groups is 2. The Morgan fingerprint density at radius 2 is 2.31 bits per heavy atom. The quantitative estimate of drug-likeness (QED) is 0.374. The maximum Gasteiger partial charge on any atom is 1.00 e. The topological polar surface area (TPSA) is 107 Å². The van der Waals surface area contributed by atoms with Gasteiger partial charge < -0.3 is 20.7 Å². The van der Waals surface area contributed by atoms with Crippen molar-refractivity contribution in [3.63, 3.8) is 0 Å². The Morgan fingerprint density at radius 1 is 1.69 bits per heavy atom. The largest absolute Gasteiger partial charge is 1.00 e. The molecule has 2 aliphatic rings. The van der Waals surface area contributed by atoms with Crippen molar-refractivity contribution in [3.05, 3.63) is 11.3 Å². The smallest absolute Gasteiger partial charge is 0.543 e. The number of β-lactam (4-membered cyclic amide) rings is 1. The molecule has 0 aliphatic carbocycles. The number of fused-ring (bicyclic) bond motifs is 1. The van der Waals surface area contributed by atoms with Gasteiger partial charge in [0.2, 0.25) is 5.91 Å². The third kappa shape index (κ3) is 1.92. The standard InChI is InChI=1S/C8H10N2O4S.Na/c9-4-6(12)10-5(8(13)14)3(1-11)2-15-7(4)10;/h4,7,11H,1-2,9H2,(H,13,14);/q;+1/p-1. The predicted molar refractivity (Wildman–Crippen MR) is 50.2 cm³/mol. The van der Waals surface area contributed by atoms with E-state index in [1.807, 2.05) is 0 Å². The fraction of sp³-hybridized carbons (Fsp3) is 0.500. The third-order valence-electron chi connectivity index (χ3n) is 2.47. The number of carboxylic acid groups (broad SMARTS) is 1. The van der Waals surface area contributed by atoms with E-state index in [1.165, 1.54) is 11.8 Å². The second kappa shape index (κ2) is 5.07. The zero-order valence-electron chi connectivity index (χ0n) is 8.67. The average Bonchev–Trinajstić information content (AvgIpc) is 2.25. The van der Waals surface area contributed by atoms with E-state index in [4.69, 9.17) is 10.8 Å². The minimum Gasteiger partial charge on any atom is -0.543 e. The van der Waals surface area contributed by atoms with Gasteiger partial charge in [0.15, 0.2) is 0 Å². The summed E-state index contributed by atoms with van der Waals surface area (Å²) in [5, 5.41) is 19.5. The number of nitrogens with zero attached hydrogens (tertiary/aromatic N) is 1. The molecule has 16 heavy (non-hydrogen) atoms. The van der Waals surface area contributed by atoms with Crippen molar-refractivity contribution in [3.8, 4) is 0 Å². The van der Waals surface area contributed by atoms with Crippen molar-refractivity contribution in [2.75, 3.05) is 12.4 Å². The van der Waals surface area contributed by atoms with Crippen LogP contribution in [0.2, 0.25) is 0 Å². The van der Waals surface area contributed by atoms with Crippen molar-refractivity contribution in [2.45, 2.75) is 11.4 Å². The Bertz CT molecular complexity index is 373. The van der Waals surface area contributed by atoms with E-state index in [2.05, 4.69) is 0 Å².